The van der Waals surface area contributed by atoms with Crippen molar-refractivity contribution >= 4 is 11.7 Å². The first-order chi connectivity index (χ1) is 11.8. The first kappa shape index (κ1) is 17.0. The zero-order chi connectivity index (χ0) is 18.0. The van der Waals surface area contributed by atoms with Crippen molar-refractivity contribution in [3.05, 3.63) is 77.5 Å². The van der Waals surface area contributed by atoms with Crippen molar-refractivity contribution in [2.24, 2.45) is 0 Å². The van der Waals surface area contributed by atoms with E-state index in [2.05, 4.69) is 31.2 Å². The molecule has 1 N–H and O–H groups in total. The third kappa shape index (κ3) is 3.79. The molecule has 4 nitrogen and oxygen atoms in total. The van der Waals surface area contributed by atoms with Gasteiger partial charge in [0.05, 0.1) is 11.4 Å². The maximum atomic E-state index is 12.6. The minimum Gasteiger partial charge on any atom is -0.306 e. The van der Waals surface area contributed by atoms with Gasteiger partial charge >= 0.3 is 0 Å². The van der Waals surface area contributed by atoms with Gasteiger partial charge in [0.25, 0.3) is 5.91 Å². The average Bonchev–Trinajstić information content (AvgIpc) is 2.95. The number of hydrogen-bond acceptors (Lipinski definition) is 2. The number of carbonyl (C=O) groups is 1. The molecule has 0 aliphatic heterocycles. The van der Waals surface area contributed by atoms with Crippen LogP contribution in [0.15, 0.2) is 60.7 Å². The number of aromatic nitrogens is 2. The van der Waals surface area contributed by atoms with Gasteiger partial charge in [-0.15, -0.1) is 0 Å². The highest BCUT2D eigenvalue weighted by atomic mass is 16.1. The molecule has 1 aromatic heterocycles. The Balaban J connectivity index is 1.85. The topological polar surface area (TPSA) is 46.9 Å². The van der Waals surface area contributed by atoms with Crippen molar-refractivity contribution in [2.45, 2.75) is 33.1 Å². The van der Waals surface area contributed by atoms with Crippen molar-refractivity contribution < 1.29 is 4.79 Å². The Labute approximate surface area is 148 Å². The van der Waals surface area contributed by atoms with Crippen LogP contribution < -0.4 is 5.32 Å². The smallest absolute Gasteiger partial charge is 0.256 e. The summed E-state index contributed by atoms with van der Waals surface area (Å²) in [4.78, 5) is 12.6. The second-order valence-electron chi connectivity index (χ2n) is 7.20. The lowest BCUT2D eigenvalue weighted by molar-refractivity contribution is 0.102. The molecule has 1 amide bonds. The van der Waals surface area contributed by atoms with Crippen LogP contribution in [0.3, 0.4) is 0 Å². The number of hydrogen-bond donors (Lipinski definition) is 1. The number of amides is 1. The molecule has 0 radical (unpaired) electrons. The van der Waals surface area contributed by atoms with Crippen LogP contribution in [0.4, 0.5) is 5.82 Å². The van der Waals surface area contributed by atoms with E-state index in [0.29, 0.717) is 11.4 Å². The molecule has 1 heterocycles. The number of benzene rings is 2. The molecule has 0 bridgehead atoms. The van der Waals surface area contributed by atoms with Gasteiger partial charge in [0.15, 0.2) is 0 Å². The molecule has 25 heavy (non-hydrogen) atoms. The summed E-state index contributed by atoms with van der Waals surface area (Å²) < 4.78 is 1.75. The summed E-state index contributed by atoms with van der Waals surface area (Å²) in [5.41, 5.74) is 3.66. The predicted molar refractivity (Wildman–Crippen MR) is 101 cm³/mol. The molecule has 0 saturated heterocycles. The van der Waals surface area contributed by atoms with E-state index in [9.17, 15) is 4.79 Å². The van der Waals surface area contributed by atoms with E-state index in [4.69, 9.17) is 0 Å². The molecule has 3 aromatic rings. The van der Waals surface area contributed by atoms with Crippen LogP contribution in [-0.4, -0.2) is 15.7 Å². The largest absolute Gasteiger partial charge is 0.306 e. The van der Waals surface area contributed by atoms with Crippen molar-refractivity contribution in [3.8, 4) is 5.69 Å². The molecule has 0 saturated carbocycles. The first-order valence-corrected chi connectivity index (χ1v) is 8.38. The maximum absolute atomic E-state index is 12.6. The Morgan fingerprint density at radius 3 is 2.24 bits per heavy atom. The Hall–Kier alpha value is -2.88. The molecule has 4 heteroatoms. The maximum Gasteiger partial charge on any atom is 0.256 e. The van der Waals surface area contributed by atoms with Crippen LogP contribution in [0.2, 0.25) is 0 Å². The SMILES string of the molecule is Cc1cc(NC(=O)c2ccc(C(C)(C)C)cc2)n(-c2ccccc2)n1. The first-order valence-electron chi connectivity index (χ1n) is 8.38. The van der Waals surface area contributed by atoms with Gasteiger partial charge in [0, 0.05) is 11.6 Å². The molecular formula is C21H23N3O. The fourth-order valence-electron chi connectivity index (χ4n) is 2.66. The van der Waals surface area contributed by atoms with Gasteiger partial charge in [0.1, 0.15) is 5.82 Å². The predicted octanol–water partition coefficient (Wildman–Crippen LogP) is 4.73. The molecule has 0 aliphatic carbocycles. The van der Waals surface area contributed by atoms with Crippen LogP contribution in [0.25, 0.3) is 5.69 Å². The fourth-order valence-corrected chi connectivity index (χ4v) is 2.66. The van der Waals surface area contributed by atoms with Gasteiger partial charge in [-0.3, -0.25) is 4.79 Å². The van der Waals surface area contributed by atoms with E-state index in [0.717, 1.165) is 11.4 Å². The van der Waals surface area contributed by atoms with E-state index < -0.39 is 0 Å². The van der Waals surface area contributed by atoms with E-state index >= 15 is 0 Å². The lowest BCUT2D eigenvalue weighted by atomic mass is 9.87. The molecule has 0 unspecified atom stereocenters. The van der Waals surface area contributed by atoms with Crippen LogP contribution >= 0.6 is 0 Å². The summed E-state index contributed by atoms with van der Waals surface area (Å²) in [5.74, 6) is 0.520. The van der Waals surface area contributed by atoms with Crippen LogP contribution in [0.5, 0.6) is 0 Å². The van der Waals surface area contributed by atoms with Gasteiger partial charge in [-0.2, -0.15) is 5.10 Å². The summed E-state index contributed by atoms with van der Waals surface area (Å²) in [6.07, 6.45) is 0. The molecule has 0 aliphatic rings. The number of nitrogens with zero attached hydrogens (tertiary/aromatic N) is 2. The standard InChI is InChI=1S/C21H23N3O/c1-15-14-19(24(23-15)18-8-6-5-7-9-18)22-20(25)16-10-12-17(13-11-16)21(2,3)4/h5-14H,1-4H3,(H,22,25). The summed E-state index contributed by atoms with van der Waals surface area (Å²) in [6.45, 7) is 8.38. The van der Waals surface area contributed by atoms with Gasteiger partial charge in [0.2, 0.25) is 0 Å². The second kappa shape index (κ2) is 6.55. The number of aryl methyl sites for hydroxylation is 1. The third-order valence-electron chi connectivity index (χ3n) is 4.09. The van der Waals surface area contributed by atoms with Crippen LogP contribution in [-0.2, 0) is 5.41 Å². The number of rotatable bonds is 3. The molecular weight excluding hydrogens is 310 g/mol. The Morgan fingerprint density at radius 2 is 1.64 bits per heavy atom. The number of nitrogens with one attached hydrogen (secondary N) is 1. The number of anilines is 1. The van der Waals surface area contributed by atoms with E-state index in [1.807, 2.05) is 67.6 Å². The number of carbonyl (C=O) groups excluding carboxylic acids is 1. The molecule has 0 fully saturated rings. The van der Waals surface area contributed by atoms with Gasteiger partial charge in [-0.25, -0.2) is 4.68 Å². The van der Waals surface area contributed by atoms with Gasteiger partial charge in [-0.05, 0) is 42.2 Å². The zero-order valence-electron chi connectivity index (χ0n) is 15.1. The van der Waals surface area contributed by atoms with E-state index in [1.54, 1.807) is 4.68 Å². The van der Waals surface area contributed by atoms with Crippen molar-refractivity contribution in [3.63, 3.8) is 0 Å². The lowest BCUT2D eigenvalue weighted by Gasteiger charge is -2.19. The van der Waals surface area contributed by atoms with Crippen molar-refractivity contribution in [1.82, 2.24) is 9.78 Å². The minimum absolute atomic E-state index is 0.0675. The van der Waals surface area contributed by atoms with E-state index in [-0.39, 0.29) is 11.3 Å². The second-order valence-corrected chi connectivity index (χ2v) is 7.20. The average molecular weight is 333 g/mol. The van der Waals surface area contributed by atoms with Crippen molar-refractivity contribution in [2.75, 3.05) is 5.32 Å². The van der Waals surface area contributed by atoms with Gasteiger partial charge < -0.3 is 5.32 Å². The highest BCUT2D eigenvalue weighted by Gasteiger charge is 2.16. The summed E-state index contributed by atoms with van der Waals surface area (Å²) in [7, 11) is 0. The fraction of sp³-hybridized carbons (Fsp3) is 0.238. The summed E-state index contributed by atoms with van der Waals surface area (Å²) in [5, 5.41) is 7.44. The quantitative estimate of drug-likeness (QED) is 0.753. The molecule has 0 spiro atoms. The third-order valence-corrected chi connectivity index (χ3v) is 4.09. The number of para-hydroxylation sites is 1. The Kier molecular flexibility index (Phi) is 4.45. The Morgan fingerprint density at radius 1 is 1.00 bits per heavy atom. The van der Waals surface area contributed by atoms with Crippen LogP contribution in [0, 0.1) is 6.92 Å². The highest BCUT2D eigenvalue weighted by Crippen LogP contribution is 2.23. The normalized spacial score (nSPS) is 11.4. The van der Waals surface area contributed by atoms with Crippen LogP contribution in [0.1, 0.15) is 42.4 Å². The highest BCUT2D eigenvalue weighted by molar-refractivity contribution is 6.04. The minimum atomic E-state index is -0.141. The molecule has 2 aromatic carbocycles. The van der Waals surface area contributed by atoms with E-state index in [1.165, 1.54) is 5.56 Å². The summed E-state index contributed by atoms with van der Waals surface area (Å²) >= 11 is 0. The monoisotopic (exact) mass is 333 g/mol. The Bertz CT molecular complexity index is 872. The van der Waals surface area contributed by atoms with Crippen molar-refractivity contribution in [1.29, 1.82) is 0 Å². The van der Waals surface area contributed by atoms with Gasteiger partial charge in [-0.1, -0.05) is 51.1 Å². The molecule has 128 valence electrons. The summed E-state index contributed by atoms with van der Waals surface area (Å²) in [6, 6.07) is 19.4. The lowest BCUT2D eigenvalue weighted by Crippen LogP contribution is -2.16. The molecule has 3 rings (SSSR count). The zero-order valence-corrected chi connectivity index (χ0v) is 15.1. The molecule has 0 atom stereocenters.